The smallest absolute Gasteiger partial charge is 0.342 e. The Kier molecular flexibility index (Phi) is 5.64. The Bertz CT molecular complexity index is 913. The molecule has 1 atom stereocenters. The van der Waals surface area contributed by atoms with Gasteiger partial charge in [0.25, 0.3) is 11.8 Å². The molecule has 0 radical (unpaired) electrons. The van der Waals surface area contributed by atoms with Gasteiger partial charge in [0.1, 0.15) is 17.9 Å². The quantitative estimate of drug-likeness (QED) is 0.526. The Morgan fingerprint density at radius 1 is 1.14 bits per heavy atom. The number of phenolic OH excluding ortho intramolecular Hbond substituents is 1. The van der Waals surface area contributed by atoms with E-state index in [1.165, 1.54) is 12.1 Å². The summed E-state index contributed by atoms with van der Waals surface area (Å²) >= 11 is 0. The molecule has 0 saturated heterocycles. The third kappa shape index (κ3) is 4.50. The monoisotopic (exact) mass is 386 g/mol. The maximum Gasteiger partial charge on any atom is 0.342 e. The third-order valence-electron chi connectivity index (χ3n) is 3.83. The van der Waals surface area contributed by atoms with Gasteiger partial charge in [-0.3, -0.25) is 20.4 Å². The lowest BCUT2D eigenvalue weighted by Gasteiger charge is -2.25. The predicted octanol–water partition coefficient (Wildman–Crippen LogP) is 0.845. The number of fused-ring (bicyclic) bond motifs is 1. The minimum Gasteiger partial charge on any atom is -0.507 e. The predicted molar refractivity (Wildman–Crippen MR) is 95.8 cm³/mol. The summed E-state index contributed by atoms with van der Waals surface area (Å²) in [6.45, 7) is 1.10. The lowest BCUT2D eigenvalue weighted by Crippen LogP contribution is -2.51. The molecule has 1 heterocycles. The fourth-order valence-electron chi connectivity index (χ4n) is 2.42. The van der Waals surface area contributed by atoms with Crippen molar-refractivity contribution >= 4 is 17.8 Å². The fourth-order valence-corrected chi connectivity index (χ4v) is 2.42. The highest BCUT2D eigenvalue weighted by atomic mass is 16.6. The van der Waals surface area contributed by atoms with Gasteiger partial charge in [0.2, 0.25) is 6.10 Å². The van der Waals surface area contributed by atoms with Crippen molar-refractivity contribution in [1.29, 1.82) is 0 Å². The van der Waals surface area contributed by atoms with E-state index in [-0.39, 0.29) is 17.9 Å². The van der Waals surface area contributed by atoms with E-state index in [4.69, 9.17) is 14.2 Å². The molecule has 28 heavy (non-hydrogen) atoms. The molecule has 0 spiro atoms. The lowest BCUT2D eigenvalue weighted by atomic mass is 10.1. The number of hydrazine groups is 1. The molecule has 2 aromatic rings. The highest BCUT2D eigenvalue weighted by molar-refractivity contribution is 5.94. The number of hydrogen-bond acceptors (Lipinski definition) is 7. The Hall–Kier alpha value is -3.75. The zero-order valence-electron chi connectivity index (χ0n) is 14.9. The summed E-state index contributed by atoms with van der Waals surface area (Å²) in [6.07, 6.45) is -0.942. The molecular formula is C19H18N2O7. The number of rotatable bonds is 4. The van der Waals surface area contributed by atoms with Crippen LogP contribution in [0.5, 0.6) is 17.2 Å². The normalized spacial score (nSPS) is 14.7. The molecule has 0 aliphatic carbocycles. The molecule has 9 heteroatoms. The zero-order chi connectivity index (χ0) is 20.1. The molecule has 3 rings (SSSR count). The van der Waals surface area contributed by atoms with Crippen LogP contribution in [0.3, 0.4) is 0 Å². The second-order valence-corrected chi connectivity index (χ2v) is 6.00. The first-order valence-corrected chi connectivity index (χ1v) is 8.38. The molecule has 9 nitrogen and oxygen atoms in total. The van der Waals surface area contributed by atoms with E-state index in [0.717, 1.165) is 5.56 Å². The molecule has 2 amide bonds. The fraction of sp³-hybridized carbons (Fsp3) is 0.211. The van der Waals surface area contributed by atoms with E-state index in [1.807, 2.05) is 0 Å². The first kappa shape index (κ1) is 19.0. The standard InChI is InChI=1S/C19H18N2O7/c1-11-6-7-12(13(22)8-11)19(25)27-10-17(23)20-21-18(24)16-9-26-14-4-2-3-5-15(14)28-16/h2-8,16,22H,9-10H2,1H3,(H,20,23)(H,21,24)/t16-/m0/s1. The molecule has 1 aliphatic rings. The number of amides is 2. The number of carbonyl (C=O) groups is 3. The minimum absolute atomic E-state index is 0.0135. The van der Waals surface area contributed by atoms with Crippen molar-refractivity contribution in [3.63, 3.8) is 0 Å². The van der Waals surface area contributed by atoms with Crippen LogP contribution in [0, 0.1) is 6.92 Å². The second kappa shape index (κ2) is 8.30. The van der Waals surface area contributed by atoms with Crippen LogP contribution in [0.1, 0.15) is 15.9 Å². The van der Waals surface area contributed by atoms with Crippen LogP contribution < -0.4 is 20.3 Å². The number of hydrogen-bond donors (Lipinski definition) is 3. The minimum atomic E-state index is -0.942. The highest BCUT2D eigenvalue weighted by Gasteiger charge is 2.27. The highest BCUT2D eigenvalue weighted by Crippen LogP contribution is 2.30. The van der Waals surface area contributed by atoms with Crippen molar-refractivity contribution in [3.8, 4) is 17.2 Å². The number of nitrogens with one attached hydrogen (secondary N) is 2. The van der Waals surface area contributed by atoms with Crippen LogP contribution in [0.25, 0.3) is 0 Å². The summed E-state index contributed by atoms with van der Waals surface area (Å²) in [4.78, 5) is 35.7. The molecule has 0 bridgehead atoms. The largest absolute Gasteiger partial charge is 0.507 e. The van der Waals surface area contributed by atoms with E-state index < -0.39 is 30.5 Å². The van der Waals surface area contributed by atoms with Gasteiger partial charge in [0.15, 0.2) is 18.1 Å². The maximum absolute atomic E-state index is 12.1. The van der Waals surface area contributed by atoms with Crippen molar-refractivity contribution in [2.24, 2.45) is 0 Å². The Balaban J connectivity index is 1.44. The van der Waals surface area contributed by atoms with Gasteiger partial charge >= 0.3 is 5.97 Å². The average Bonchev–Trinajstić information content (AvgIpc) is 2.69. The van der Waals surface area contributed by atoms with Gasteiger partial charge in [0.05, 0.1) is 0 Å². The third-order valence-corrected chi connectivity index (χ3v) is 3.83. The molecule has 0 fully saturated rings. The average molecular weight is 386 g/mol. The Morgan fingerprint density at radius 3 is 2.64 bits per heavy atom. The molecule has 3 N–H and O–H groups in total. The number of para-hydroxylation sites is 2. The summed E-state index contributed by atoms with van der Waals surface area (Å²) in [6, 6.07) is 11.3. The number of benzene rings is 2. The summed E-state index contributed by atoms with van der Waals surface area (Å²) in [5, 5.41) is 9.73. The first-order valence-electron chi connectivity index (χ1n) is 8.38. The van der Waals surface area contributed by atoms with Crippen LogP contribution in [-0.2, 0) is 14.3 Å². The number of aryl methyl sites for hydroxylation is 1. The van der Waals surface area contributed by atoms with Crippen LogP contribution in [-0.4, -0.2) is 42.2 Å². The number of esters is 1. The van der Waals surface area contributed by atoms with E-state index in [2.05, 4.69) is 10.9 Å². The van der Waals surface area contributed by atoms with Crippen molar-refractivity contribution in [3.05, 3.63) is 53.6 Å². The van der Waals surface area contributed by atoms with Crippen LogP contribution >= 0.6 is 0 Å². The summed E-state index contributed by atoms with van der Waals surface area (Å²) in [5.41, 5.74) is 5.01. The molecule has 2 aromatic carbocycles. The zero-order valence-corrected chi connectivity index (χ0v) is 14.9. The SMILES string of the molecule is Cc1ccc(C(=O)OCC(=O)NNC(=O)[C@@H]2COc3ccccc3O2)c(O)c1. The number of phenols is 1. The van der Waals surface area contributed by atoms with Crippen molar-refractivity contribution in [1.82, 2.24) is 10.9 Å². The van der Waals surface area contributed by atoms with Gasteiger partial charge in [-0.1, -0.05) is 18.2 Å². The van der Waals surface area contributed by atoms with E-state index in [0.29, 0.717) is 11.5 Å². The lowest BCUT2D eigenvalue weighted by molar-refractivity contribution is -0.135. The van der Waals surface area contributed by atoms with Gasteiger partial charge in [-0.05, 0) is 36.8 Å². The summed E-state index contributed by atoms with van der Waals surface area (Å²) in [5.74, 6) is -1.53. The molecular weight excluding hydrogens is 368 g/mol. The van der Waals surface area contributed by atoms with Gasteiger partial charge < -0.3 is 19.3 Å². The van der Waals surface area contributed by atoms with Crippen molar-refractivity contribution in [2.75, 3.05) is 13.2 Å². The topological polar surface area (TPSA) is 123 Å². The Labute approximate surface area is 160 Å². The van der Waals surface area contributed by atoms with Gasteiger partial charge in [-0.2, -0.15) is 0 Å². The summed E-state index contributed by atoms with van der Waals surface area (Å²) < 4.78 is 15.7. The van der Waals surface area contributed by atoms with E-state index in [1.54, 1.807) is 37.3 Å². The number of carbonyl (C=O) groups excluding carboxylic acids is 3. The summed E-state index contributed by atoms with van der Waals surface area (Å²) in [7, 11) is 0. The second-order valence-electron chi connectivity index (χ2n) is 6.00. The molecule has 0 saturated carbocycles. The molecule has 1 aliphatic heterocycles. The van der Waals surface area contributed by atoms with Gasteiger partial charge in [-0.25, -0.2) is 4.79 Å². The number of aromatic hydroxyl groups is 1. The first-order chi connectivity index (χ1) is 13.4. The van der Waals surface area contributed by atoms with Crippen LogP contribution in [0.15, 0.2) is 42.5 Å². The van der Waals surface area contributed by atoms with Crippen LogP contribution in [0.2, 0.25) is 0 Å². The number of ether oxygens (including phenoxy) is 3. The molecule has 0 aromatic heterocycles. The molecule has 0 unspecified atom stereocenters. The van der Waals surface area contributed by atoms with Crippen molar-refractivity contribution in [2.45, 2.75) is 13.0 Å². The molecule has 146 valence electrons. The van der Waals surface area contributed by atoms with Gasteiger partial charge in [-0.15, -0.1) is 0 Å². The maximum atomic E-state index is 12.1. The van der Waals surface area contributed by atoms with Crippen LogP contribution in [0.4, 0.5) is 0 Å². The van der Waals surface area contributed by atoms with E-state index >= 15 is 0 Å². The van der Waals surface area contributed by atoms with Gasteiger partial charge in [0, 0.05) is 0 Å². The van der Waals surface area contributed by atoms with E-state index in [9.17, 15) is 19.5 Å². The van der Waals surface area contributed by atoms with Crippen molar-refractivity contribution < 1.29 is 33.7 Å². The Morgan fingerprint density at radius 2 is 1.89 bits per heavy atom.